The largest absolute Gasteiger partial charge is 0.484 e. The number of unbranched alkanes of at least 4 members (excludes halogenated alkanes) is 2. The van der Waals surface area contributed by atoms with E-state index >= 15 is 0 Å². The first-order chi connectivity index (χ1) is 12.6. The number of aromatic nitrogens is 1. The maximum Gasteiger partial charge on any atom is 0.257 e. The van der Waals surface area contributed by atoms with Gasteiger partial charge in [-0.1, -0.05) is 26.2 Å². The van der Waals surface area contributed by atoms with Gasteiger partial charge in [-0.15, -0.1) is 0 Å². The summed E-state index contributed by atoms with van der Waals surface area (Å²) in [5.74, 6) is 0.299. The highest BCUT2D eigenvalue weighted by Gasteiger charge is 2.20. The molecule has 0 saturated heterocycles. The number of hydrogen-bond donors (Lipinski definition) is 3. The summed E-state index contributed by atoms with van der Waals surface area (Å²) in [5, 5.41) is 9.88. The third-order valence-corrected chi connectivity index (χ3v) is 4.01. The number of pyridine rings is 1. The smallest absolute Gasteiger partial charge is 0.257 e. The molecular weight excluding hydrogens is 340 g/mol. The van der Waals surface area contributed by atoms with E-state index in [1.165, 1.54) is 0 Å². The molecule has 0 spiro atoms. The molecule has 9 heteroatoms. The van der Waals surface area contributed by atoms with Crippen LogP contribution in [0.2, 0.25) is 0 Å². The molecule has 0 fully saturated rings. The van der Waals surface area contributed by atoms with Crippen LogP contribution < -0.4 is 20.3 Å². The summed E-state index contributed by atoms with van der Waals surface area (Å²) in [6, 6.07) is 1.81. The molecule has 0 aliphatic carbocycles. The predicted octanol–water partition coefficient (Wildman–Crippen LogP) is 1.02. The van der Waals surface area contributed by atoms with Crippen LogP contribution in [0.1, 0.15) is 38.2 Å². The molecule has 3 N–H and O–H groups in total. The molecule has 1 aromatic rings. The lowest BCUT2D eigenvalue weighted by atomic mass is 10.0. The van der Waals surface area contributed by atoms with Crippen molar-refractivity contribution in [1.82, 2.24) is 20.9 Å². The normalized spacial score (nSPS) is 13.8. The lowest BCUT2D eigenvalue weighted by Gasteiger charge is -2.20. The number of nitrogens with zero attached hydrogens (tertiary/aromatic N) is 2. The topological polar surface area (TPSA) is 113 Å². The van der Waals surface area contributed by atoms with Gasteiger partial charge in [0.05, 0.1) is 12.5 Å². The van der Waals surface area contributed by atoms with Gasteiger partial charge in [0.25, 0.3) is 5.88 Å². The summed E-state index contributed by atoms with van der Waals surface area (Å²) in [6.45, 7) is 3.35. The standard InChI is InChI=1S/C17H26N4O5/c1-2-3-4-5-14(11-21(24)12-22)16(23)20-19-10-13-8-15-17(18-9-13)26-7-6-25-15/h8-9,12,14,19,24H,2-7,10-11H2,1H3,(H,20,23)/t14-/m1/s1. The van der Waals surface area contributed by atoms with E-state index in [1.807, 2.05) is 0 Å². The van der Waals surface area contributed by atoms with E-state index in [0.29, 0.717) is 49.3 Å². The molecule has 1 aliphatic heterocycles. The van der Waals surface area contributed by atoms with E-state index in [0.717, 1.165) is 24.8 Å². The highest BCUT2D eigenvalue weighted by molar-refractivity contribution is 5.78. The molecule has 26 heavy (non-hydrogen) atoms. The van der Waals surface area contributed by atoms with Gasteiger partial charge in [-0.05, 0) is 18.1 Å². The Morgan fingerprint density at radius 3 is 3.00 bits per heavy atom. The number of rotatable bonds is 11. The van der Waals surface area contributed by atoms with E-state index in [2.05, 4.69) is 22.8 Å². The summed E-state index contributed by atoms with van der Waals surface area (Å²) in [5.41, 5.74) is 6.30. The van der Waals surface area contributed by atoms with Gasteiger partial charge in [0, 0.05) is 12.7 Å². The first-order valence-electron chi connectivity index (χ1n) is 8.82. The quantitative estimate of drug-likeness (QED) is 0.232. The fraction of sp³-hybridized carbons (Fsp3) is 0.588. The second-order valence-electron chi connectivity index (χ2n) is 6.11. The molecular formula is C17H26N4O5. The summed E-state index contributed by atoms with van der Waals surface area (Å²) < 4.78 is 10.8. The molecule has 144 valence electrons. The SMILES string of the molecule is CCCCC[C@H](CN(O)C=O)C(=O)NNCc1cnc2c(c1)OCCO2. The van der Waals surface area contributed by atoms with Gasteiger partial charge in [-0.3, -0.25) is 20.2 Å². The Bertz CT molecular complexity index is 599. The molecule has 0 bridgehead atoms. The minimum atomic E-state index is -0.484. The van der Waals surface area contributed by atoms with Crippen molar-refractivity contribution in [1.29, 1.82) is 0 Å². The average molecular weight is 366 g/mol. The second kappa shape index (κ2) is 10.6. The van der Waals surface area contributed by atoms with Crippen molar-refractivity contribution in [3.63, 3.8) is 0 Å². The van der Waals surface area contributed by atoms with Crippen LogP contribution in [-0.2, 0) is 16.1 Å². The van der Waals surface area contributed by atoms with Crippen molar-refractivity contribution < 1.29 is 24.3 Å². The van der Waals surface area contributed by atoms with E-state index in [9.17, 15) is 14.8 Å². The van der Waals surface area contributed by atoms with Crippen LogP contribution in [-0.4, -0.2) is 47.3 Å². The molecule has 2 amide bonds. The van der Waals surface area contributed by atoms with Crippen molar-refractivity contribution in [2.45, 2.75) is 39.2 Å². The highest BCUT2D eigenvalue weighted by atomic mass is 16.6. The molecule has 1 aliphatic rings. The Morgan fingerprint density at radius 1 is 1.42 bits per heavy atom. The lowest BCUT2D eigenvalue weighted by Crippen LogP contribution is -2.44. The van der Waals surface area contributed by atoms with Crippen LogP contribution in [0.5, 0.6) is 11.6 Å². The first-order valence-corrected chi connectivity index (χ1v) is 8.82. The number of hydrogen-bond acceptors (Lipinski definition) is 7. The Labute approximate surface area is 152 Å². The Balaban J connectivity index is 1.83. The van der Waals surface area contributed by atoms with Gasteiger partial charge >= 0.3 is 0 Å². The molecule has 1 atom stereocenters. The summed E-state index contributed by atoms with van der Waals surface area (Å²) >= 11 is 0. The van der Waals surface area contributed by atoms with Gasteiger partial charge in [-0.25, -0.2) is 15.5 Å². The predicted molar refractivity (Wildman–Crippen MR) is 92.4 cm³/mol. The van der Waals surface area contributed by atoms with Crippen LogP contribution >= 0.6 is 0 Å². The average Bonchev–Trinajstić information content (AvgIpc) is 2.67. The third kappa shape index (κ3) is 6.16. The number of ether oxygens (including phenoxy) is 2. The second-order valence-corrected chi connectivity index (χ2v) is 6.11. The monoisotopic (exact) mass is 366 g/mol. The molecule has 0 aromatic carbocycles. The minimum Gasteiger partial charge on any atom is -0.484 e. The van der Waals surface area contributed by atoms with Crippen LogP contribution in [0.15, 0.2) is 12.3 Å². The van der Waals surface area contributed by atoms with E-state index in [-0.39, 0.29) is 12.5 Å². The Hall–Kier alpha value is -2.39. The van der Waals surface area contributed by atoms with Crippen LogP contribution in [0.3, 0.4) is 0 Å². The zero-order valence-electron chi connectivity index (χ0n) is 14.9. The number of hydroxylamine groups is 2. The molecule has 0 radical (unpaired) electrons. The summed E-state index contributed by atoms with van der Waals surface area (Å²) in [6.07, 6.45) is 5.42. The van der Waals surface area contributed by atoms with Gasteiger partial charge in [-0.2, -0.15) is 0 Å². The number of amides is 2. The van der Waals surface area contributed by atoms with Crippen LogP contribution in [0.25, 0.3) is 0 Å². The van der Waals surface area contributed by atoms with Crippen molar-refractivity contribution in [2.24, 2.45) is 5.92 Å². The summed E-state index contributed by atoms with van der Waals surface area (Å²) in [7, 11) is 0. The van der Waals surface area contributed by atoms with Gasteiger partial charge in [0.15, 0.2) is 5.75 Å². The van der Waals surface area contributed by atoms with Crippen LogP contribution in [0, 0.1) is 5.92 Å². The van der Waals surface area contributed by atoms with E-state index in [1.54, 1.807) is 12.3 Å². The van der Waals surface area contributed by atoms with Crippen molar-refractivity contribution in [3.8, 4) is 11.6 Å². The zero-order chi connectivity index (χ0) is 18.8. The zero-order valence-corrected chi connectivity index (χ0v) is 14.9. The molecule has 2 heterocycles. The molecule has 0 unspecified atom stereocenters. The molecule has 2 rings (SSSR count). The van der Waals surface area contributed by atoms with E-state index < -0.39 is 5.92 Å². The van der Waals surface area contributed by atoms with E-state index in [4.69, 9.17) is 9.47 Å². The molecule has 1 aromatic heterocycles. The van der Waals surface area contributed by atoms with Crippen molar-refractivity contribution in [3.05, 3.63) is 17.8 Å². The third-order valence-electron chi connectivity index (χ3n) is 4.01. The fourth-order valence-electron chi connectivity index (χ4n) is 2.62. The Kier molecular flexibility index (Phi) is 8.10. The Morgan fingerprint density at radius 2 is 2.23 bits per heavy atom. The number of carbonyl (C=O) groups excluding carboxylic acids is 2. The number of hydrazine groups is 1. The fourth-order valence-corrected chi connectivity index (χ4v) is 2.62. The maximum absolute atomic E-state index is 12.3. The van der Waals surface area contributed by atoms with Gasteiger partial charge in [0.2, 0.25) is 12.3 Å². The molecule has 9 nitrogen and oxygen atoms in total. The molecule has 0 saturated carbocycles. The number of fused-ring (bicyclic) bond motifs is 1. The summed E-state index contributed by atoms with van der Waals surface area (Å²) in [4.78, 5) is 27.1. The number of nitrogens with one attached hydrogen (secondary N) is 2. The minimum absolute atomic E-state index is 0.0354. The highest BCUT2D eigenvalue weighted by Crippen LogP contribution is 2.27. The van der Waals surface area contributed by atoms with Crippen LogP contribution in [0.4, 0.5) is 0 Å². The van der Waals surface area contributed by atoms with Crippen molar-refractivity contribution >= 4 is 12.3 Å². The first kappa shape index (κ1) is 19.9. The number of carbonyl (C=O) groups is 2. The van der Waals surface area contributed by atoms with Gasteiger partial charge in [0.1, 0.15) is 13.2 Å². The maximum atomic E-state index is 12.3. The lowest BCUT2D eigenvalue weighted by molar-refractivity contribution is -0.154. The van der Waals surface area contributed by atoms with Gasteiger partial charge < -0.3 is 9.47 Å². The van der Waals surface area contributed by atoms with Crippen molar-refractivity contribution in [2.75, 3.05) is 19.8 Å².